The molecule has 4 heteroatoms. The highest BCUT2D eigenvalue weighted by molar-refractivity contribution is 5.86. The van der Waals surface area contributed by atoms with Crippen LogP contribution in [0.5, 0.6) is 0 Å². The van der Waals surface area contributed by atoms with Crippen LogP contribution in [-0.2, 0) is 16.0 Å². The second-order valence-corrected chi connectivity index (χ2v) is 5.03. The highest BCUT2D eigenvalue weighted by Crippen LogP contribution is 2.11. The van der Waals surface area contributed by atoms with Gasteiger partial charge in [-0.15, -0.1) is 0 Å². The lowest BCUT2D eigenvalue weighted by molar-refractivity contribution is -0.147. The van der Waals surface area contributed by atoms with E-state index in [2.05, 4.69) is 5.32 Å². The summed E-state index contributed by atoms with van der Waals surface area (Å²) < 4.78 is 0. The summed E-state index contributed by atoms with van der Waals surface area (Å²) in [5, 5.41) is 11.7. The van der Waals surface area contributed by atoms with Crippen molar-refractivity contribution in [1.29, 1.82) is 0 Å². The number of carboxylic acid groups (broad SMARTS) is 1. The average Bonchev–Trinajstić information content (AvgIpc) is 2.36. The topological polar surface area (TPSA) is 66.4 Å². The van der Waals surface area contributed by atoms with Crippen molar-refractivity contribution in [3.05, 3.63) is 35.4 Å². The summed E-state index contributed by atoms with van der Waals surface area (Å²) in [4.78, 5) is 22.9. The Hall–Kier alpha value is -1.84. The van der Waals surface area contributed by atoms with Gasteiger partial charge in [-0.3, -0.25) is 4.79 Å². The summed E-state index contributed by atoms with van der Waals surface area (Å²) in [6.45, 7) is 5.27. The third-order valence-corrected chi connectivity index (χ3v) is 3.32. The van der Waals surface area contributed by atoms with Gasteiger partial charge in [0.1, 0.15) is 5.54 Å². The first-order valence-corrected chi connectivity index (χ1v) is 6.47. The number of nitrogens with one attached hydrogen (secondary N) is 1. The molecule has 4 nitrogen and oxygen atoms in total. The molecule has 1 amide bonds. The molecule has 0 aromatic heterocycles. The summed E-state index contributed by atoms with van der Waals surface area (Å²) in [7, 11) is 0. The largest absolute Gasteiger partial charge is 0.480 e. The predicted molar refractivity (Wildman–Crippen MR) is 74.0 cm³/mol. The minimum Gasteiger partial charge on any atom is -0.480 e. The van der Waals surface area contributed by atoms with E-state index < -0.39 is 11.5 Å². The maximum Gasteiger partial charge on any atom is 0.329 e. The number of benzene rings is 1. The number of carbonyl (C=O) groups excluding carboxylic acids is 1. The van der Waals surface area contributed by atoms with Gasteiger partial charge in [0.2, 0.25) is 5.91 Å². The fourth-order valence-corrected chi connectivity index (χ4v) is 1.79. The first-order valence-electron chi connectivity index (χ1n) is 6.47. The van der Waals surface area contributed by atoms with E-state index in [9.17, 15) is 9.59 Å². The van der Waals surface area contributed by atoms with E-state index in [0.29, 0.717) is 19.3 Å². The predicted octanol–water partition coefficient (Wildman–Crippen LogP) is 2.30. The van der Waals surface area contributed by atoms with Gasteiger partial charge in [-0.2, -0.15) is 0 Å². The molecule has 0 saturated carbocycles. The van der Waals surface area contributed by atoms with Crippen LogP contribution in [-0.4, -0.2) is 22.5 Å². The average molecular weight is 263 g/mol. The normalized spacial score (nSPS) is 13.6. The fraction of sp³-hybridized carbons (Fsp3) is 0.467. The van der Waals surface area contributed by atoms with Crippen molar-refractivity contribution in [3.8, 4) is 0 Å². The number of aliphatic carboxylic acids is 1. The van der Waals surface area contributed by atoms with Crippen LogP contribution in [0.3, 0.4) is 0 Å². The molecule has 0 fully saturated rings. The Morgan fingerprint density at radius 2 is 2.05 bits per heavy atom. The molecule has 1 rings (SSSR count). The Bertz CT molecular complexity index is 470. The molecule has 1 atom stereocenters. The fourth-order valence-electron chi connectivity index (χ4n) is 1.79. The molecule has 0 aliphatic heterocycles. The molecule has 0 bridgehead atoms. The van der Waals surface area contributed by atoms with Crippen LogP contribution in [0.2, 0.25) is 0 Å². The van der Waals surface area contributed by atoms with Gasteiger partial charge >= 0.3 is 5.97 Å². The standard InChI is InChI=1S/C15H21NO3/c1-4-15(3,14(18)19)16-13(17)9-8-12-7-5-6-11(2)10-12/h5-7,10H,4,8-9H2,1-3H3,(H,16,17)(H,18,19). The van der Waals surface area contributed by atoms with Crippen molar-refractivity contribution in [1.82, 2.24) is 5.32 Å². The molecule has 0 radical (unpaired) electrons. The molecular weight excluding hydrogens is 242 g/mol. The number of amides is 1. The Labute approximate surface area is 113 Å². The monoisotopic (exact) mass is 263 g/mol. The highest BCUT2D eigenvalue weighted by atomic mass is 16.4. The van der Waals surface area contributed by atoms with Gasteiger partial charge in [0.05, 0.1) is 0 Å². The Balaban J connectivity index is 2.54. The van der Waals surface area contributed by atoms with Gasteiger partial charge in [-0.25, -0.2) is 4.79 Å². The molecule has 0 saturated heterocycles. The maximum atomic E-state index is 11.8. The van der Waals surface area contributed by atoms with Crippen LogP contribution in [0.15, 0.2) is 24.3 Å². The van der Waals surface area contributed by atoms with Crippen LogP contribution in [0.1, 0.15) is 37.8 Å². The third kappa shape index (κ3) is 4.39. The van der Waals surface area contributed by atoms with Crippen molar-refractivity contribution >= 4 is 11.9 Å². The van der Waals surface area contributed by atoms with Gasteiger partial charge in [-0.1, -0.05) is 36.8 Å². The Morgan fingerprint density at radius 3 is 2.58 bits per heavy atom. The van der Waals surface area contributed by atoms with E-state index in [1.165, 1.54) is 6.92 Å². The second kappa shape index (κ2) is 6.36. The van der Waals surface area contributed by atoms with Crippen LogP contribution in [0.4, 0.5) is 0 Å². The summed E-state index contributed by atoms with van der Waals surface area (Å²) in [5.41, 5.74) is 1.06. The Morgan fingerprint density at radius 1 is 1.37 bits per heavy atom. The highest BCUT2D eigenvalue weighted by Gasteiger charge is 2.32. The quantitative estimate of drug-likeness (QED) is 0.827. The van der Waals surface area contributed by atoms with Crippen LogP contribution in [0, 0.1) is 6.92 Å². The van der Waals surface area contributed by atoms with Gasteiger partial charge in [0.25, 0.3) is 0 Å². The van der Waals surface area contributed by atoms with Crippen molar-refractivity contribution in [2.24, 2.45) is 0 Å². The summed E-state index contributed by atoms with van der Waals surface area (Å²) in [6, 6.07) is 7.96. The van der Waals surface area contributed by atoms with E-state index >= 15 is 0 Å². The zero-order chi connectivity index (χ0) is 14.5. The lowest BCUT2D eigenvalue weighted by atomic mass is 9.98. The smallest absolute Gasteiger partial charge is 0.329 e. The lowest BCUT2D eigenvalue weighted by Crippen LogP contribution is -2.51. The minimum absolute atomic E-state index is 0.228. The first kappa shape index (κ1) is 15.2. The minimum atomic E-state index is -1.18. The van der Waals surface area contributed by atoms with E-state index in [4.69, 9.17) is 5.11 Å². The van der Waals surface area contributed by atoms with Crippen molar-refractivity contribution < 1.29 is 14.7 Å². The molecule has 19 heavy (non-hydrogen) atoms. The van der Waals surface area contributed by atoms with Crippen molar-refractivity contribution in [3.63, 3.8) is 0 Å². The maximum absolute atomic E-state index is 11.8. The molecule has 0 heterocycles. The summed E-state index contributed by atoms with van der Waals surface area (Å²) in [6.07, 6.45) is 1.28. The number of carboxylic acids is 1. The van der Waals surface area contributed by atoms with Crippen LogP contribution in [0.25, 0.3) is 0 Å². The summed E-state index contributed by atoms with van der Waals surface area (Å²) >= 11 is 0. The number of hydrogen-bond acceptors (Lipinski definition) is 2. The molecule has 0 aliphatic rings. The van der Waals surface area contributed by atoms with Crippen molar-refractivity contribution in [2.75, 3.05) is 0 Å². The van der Waals surface area contributed by atoms with Gasteiger partial charge < -0.3 is 10.4 Å². The second-order valence-electron chi connectivity index (χ2n) is 5.03. The Kier molecular flexibility index (Phi) is 5.10. The number of carbonyl (C=O) groups is 2. The number of rotatable bonds is 6. The number of aryl methyl sites for hydroxylation is 2. The molecule has 104 valence electrons. The lowest BCUT2D eigenvalue weighted by Gasteiger charge is -2.24. The number of hydrogen-bond donors (Lipinski definition) is 2. The molecule has 1 unspecified atom stereocenters. The van der Waals surface area contributed by atoms with Crippen LogP contribution < -0.4 is 5.32 Å². The van der Waals surface area contributed by atoms with E-state index in [1.807, 2.05) is 31.2 Å². The van der Waals surface area contributed by atoms with Crippen molar-refractivity contribution in [2.45, 2.75) is 45.6 Å². The first-order chi connectivity index (χ1) is 8.87. The van der Waals surface area contributed by atoms with Gasteiger partial charge in [0, 0.05) is 6.42 Å². The van der Waals surface area contributed by atoms with E-state index in [-0.39, 0.29) is 5.91 Å². The SMILES string of the molecule is CCC(C)(NC(=O)CCc1cccc(C)c1)C(=O)O. The molecular formula is C15H21NO3. The van der Waals surface area contributed by atoms with Gasteiger partial charge in [-0.05, 0) is 32.3 Å². The molecule has 2 N–H and O–H groups in total. The summed E-state index contributed by atoms with van der Waals surface area (Å²) in [5.74, 6) is -1.23. The zero-order valence-electron chi connectivity index (χ0n) is 11.7. The zero-order valence-corrected chi connectivity index (χ0v) is 11.7. The van der Waals surface area contributed by atoms with Gasteiger partial charge in [0.15, 0.2) is 0 Å². The van der Waals surface area contributed by atoms with Crippen LogP contribution >= 0.6 is 0 Å². The van der Waals surface area contributed by atoms with E-state index in [1.54, 1.807) is 6.92 Å². The molecule has 1 aromatic carbocycles. The molecule has 0 spiro atoms. The third-order valence-electron chi connectivity index (χ3n) is 3.32. The molecule has 1 aromatic rings. The molecule has 0 aliphatic carbocycles. The van der Waals surface area contributed by atoms with E-state index in [0.717, 1.165) is 11.1 Å².